The van der Waals surface area contributed by atoms with E-state index in [0.717, 1.165) is 18.3 Å². The number of alkyl halides is 3. The third kappa shape index (κ3) is 2.38. The van der Waals surface area contributed by atoms with Crippen LogP contribution in [-0.2, 0) is 10.4 Å². The molecule has 1 rings (SSSR count). The fourth-order valence-electron chi connectivity index (χ4n) is 1.20. The Bertz CT molecular complexity index is 345. The molecule has 0 fully saturated rings. The van der Waals surface area contributed by atoms with Crippen LogP contribution in [0.15, 0.2) is 17.5 Å². The van der Waals surface area contributed by atoms with E-state index in [1.807, 2.05) is 0 Å². The molecule has 1 aromatic rings. The fourth-order valence-corrected chi connectivity index (χ4v) is 2.04. The number of carbonyl (C=O) groups excluding carboxylic acids is 1. The molecule has 0 amide bonds. The van der Waals surface area contributed by atoms with Gasteiger partial charge in [0.1, 0.15) is 5.78 Å². The first-order valence-corrected chi connectivity index (χ1v) is 4.98. The highest BCUT2D eigenvalue weighted by atomic mass is 32.1. The number of Topliss-reactive ketones (excluding diaryl/α,β-unsaturated/α-hetero) is 1. The van der Waals surface area contributed by atoms with Gasteiger partial charge >= 0.3 is 6.18 Å². The number of ketones is 1. The van der Waals surface area contributed by atoms with E-state index in [-0.39, 0.29) is 4.88 Å². The molecule has 1 aromatic heterocycles. The summed E-state index contributed by atoms with van der Waals surface area (Å²) in [5.74, 6) is -0.705. The van der Waals surface area contributed by atoms with Crippen molar-refractivity contribution in [1.82, 2.24) is 0 Å². The molecule has 0 saturated heterocycles. The van der Waals surface area contributed by atoms with E-state index >= 15 is 0 Å². The van der Waals surface area contributed by atoms with E-state index in [0.29, 0.717) is 0 Å². The second kappa shape index (κ2) is 3.94. The Labute approximate surface area is 88.3 Å². The molecule has 0 spiro atoms. The number of thiophene rings is 1. The number of halogens is 3. The quantitative estimate of drug-likeness (QED) is 0.878. The Hall–Kier alpha value is -0.880. The van der Waals surface area contributed by atoms with Gasteiger partial charge in [0.2, 0.25) is 5.60 Å². The number of hydrogen-bond donors (Lipinski definition) is 1. The Balaban J connectivity index is 3.13. The van der Waals surface area contributed by atoms with Crippen molar-refractivity contribution < 1.29 is 23.1 Å². The molecule has 0 radical (unpaired) electrons. The minimum Gasteiger partial charge on any atom is -0.375 e. The van der Waals surface area contributed by atoms with Crippen molar-refractivity contribution >= 4 is 17.1 Å². The summed E-state index contributed by atoms with van der Waals surface area (Å²) < 4.78 is 37.9. The lowest BCUT2D eigenvalue weighted by Crippen LogP contribution is -2.43. The normalized spacial score (nSPS) is 16.1. The van der Waals surface area contributed by atoms with Gasteiger partial charge in [-0.3, -0.25) is 4.79 Å². The van der Waals surface area contributed by atoms with E-state index in [1.165, 1.54) is 17.5 Å². The maximum atomic E-state index is 12.6. The van der Waals surface area contributed by atoms with Crippen molar-refractivity contribution in [3.63, 3.8) is 0 Å². The largest absolute Gasteiger partial charge is 0.422 e. The van der Waals surface area contributed by atoms with Crippen LogP contribution >= 0.6 is 11.3 Å². The van der Waals surface area contributed by atoms with Crippen LogP contribution in [0, 0.1) is 0 Å². The van der Waals surface area contributed by atoms with E-state index < -0.39 is 24.0 Å². The molecule has 0 aliphatic carbocycles. The standard InChI is InChI=1S/C9H9F3O2S/c1-6(13)5-8(14,9(10,11)12)7-3-2-4-15-7/h2-4,14H,5H2,1H3/t8-/m0/s1. The van der Waals surface area contributed by atoms with Crippen LogP contribution in [-0.4, -0.2) is 17.1 Å². The molecule has 2 nitrogen and oxygen atoms in total. The van der Waals surface area contributed by atoms with Crippen molar-refractivity contribution in [2.24, 2.45) is 0 Å². The van der Waals surface area contributed by atoms with Gasteiger partial charge in [0, 0.05) is 11.3 Å². The van der Waals surface area contributed by atoms with Gasteiger partial charge in [0.15, 0.2) is 0 Å². The number of hydrogen-bond acceptors (Lipinski definition) is 3. The van der Waals surface area contributed by atoms with Gasteiger partial charge in [-0.2, -0.15) is 13.2 Å². The van der Waals surface area contributed by atoms with Crippen molar-refractivity contribution in [3.8, 4) is 0 Å². The van der Waals surface area contributed by atoms with Gasteiger partial charge in [-0.05, 0) is 18.4 Å². The number of rotatable bonds is 3. The first-order chi connectivity index (χ1) is 6.77. The Kier molecular flexibility index (Phi) is 3.20. The molecule has 84 valence electrons. The second-order valence-corrected chi connectivity index (χ2v) is 4.16. The summed E-state index contributed by atoms with van der Waals surface area (Å²) in [6.07, 6.45) is -5.79. The van der Waals surface area contributed by atoms with E-state index in [4.69, 9.17) is 0 Å². The van der Waals surface area contributed by atoms with Gasteiger partial charge in [-0.25, -0.2) is 0 Å². The zero-order chi connectivity index (χ0) is 11.7. The third-order valence-electron chi connectivity index (χ3n) is 1.90. The van der Waals surface area contributed by atoms with Gasteiger partial charge in [-0.1, -0.05) is 6.07 Å². The highest BCUT2D eigenvalue weighted by molar-refractivity contribution is 7.10. The van der Waals surface area contributed by atoms with Gasteiger partial charge in [-0.15, -0.1) is 11.3 Å². The van der Waals surface area contributed by atoms with Gasteiger partial charge in [0.25, 0.3) is 0 Å². The first kappa shape index (κ1) is 12.2. The fraction of sp³-hybridized carbons (Fsp3) is 0.444. The molecule has 0 aliphatic rings. The third-order valence-corrected chi connectivity index (χ3v) is 2.92. The van der Waals surface area contributed by atoms with Crippen molar-refractivity contribution in [1.29, 1.82) is 0 Å². The maximum absolute atomic E-state index is 12.6. The average molecular weight is 238 g/mol. The maximum Gasteiger partial charge on any atom is 0.422 e. The zero-order valence-electron chi connectivity index (χ0n) is 7.84. The first-order valence-electron chi connectivity index (χ1n) is 4.10. The van der Waals surface area contributed by atoms with E-state index in [2.05, 4.69) is 0 Å². The smallest absolute Gasteiger partial charge is 0.375 e. The Morgan fingerprint density at radius 3 is 2.47 bits per heavy atom. The summed E-state index contributed by atoms with van der Waals surface area (Å²) in [7, 11) is 0. The topological polar surface area (TPSA) is 37.3 Å². The second-order valence-electron chi connectivity index (χ2n) is 3.21. The Morgan fingerprint density at radius 1 is 1.53 bits per heavy atom. The predicted molar refractivity (Wildman–Crippen MR) is 49.6 cm³/mol. The summed E-state index contributed by atoms with van der Waals surface area (Å²) in [5.41, 5.74) is -3.05. The van der Waals surface area contributed by atoms with Gasteiger partial charge < -0.3 is 5.11 Å². The molecule has 0 aromatic carbocycles. The monoisotopic (exact) mass is 238 g/mol. The minimum absolute atomic E-state index is 0.259. The van der Waals surface area contributed by atoms with Crippen LogP contribution < -0.4 is 0 Å². The van der Waals surface area contributed by atoms with E-state index in [9.17, 15) is 23.1 Å². The highest BCUT2D eigenvalue weighted by Crippen LogP contribution is 2.43. The van der Waals surface area contributed by atoms with Crippen LogP contribution in [0.4, 0.5) is 13.2 Å². The van der Waals surface area contributed by atoms with Gasteiger partial charge in [0.05, 0.1) is 0 Å². The lowest BCUT2D eigenvalue weighted by Gasteiger charge is -2.28. The predicted octanol–water partition coefficient (Wildman–Crippen LogP) is 2.48. The zero-order valence-corrected chi connectivity index (χ0v) is 8.65. The van der Waals surface area contributed by atoms with Crippen LogP contribution in [0.2, 0.25) is 0 Å². The van der Waals surface area contributed by atoms with Crippen molar-refractivity contribution in [2.75, 3.05) is 0 Å². The molecule has 0 unspecified atom stereocenters. The molecule has 6 heteroatoms. The molecule has 0 bridgehead atoms. The summed E-state index contributed by atoms with van der Waals surface area (Å²) >= 11 is 0.777. The summed E-state index contributed by atoms with van der Waals surface area (Å²) in [5, 5.41) is 11.0. The van der Waals surface area contributed by atoms with E-state index in [1.54, 1.807) is 0 Å². The highest BCUT2D eigenvalue weighted by Gasteiger charge is 2.56. The molecule has 0 aliphatic heterocycles. The minimum atomic E-state index is -4.84. The number of carbonyl (C=O) groups is 1. The SMILES string of the molecule is CC(=O)C[C@](O)(c1cccs1)C(F)(F)F. The lowest BCUT2D eigenvalue weighted by atomic mass is 9.95. The summed E-state index contributed by atoms with van der Waals surface area (Å²) in [6, 6.07) is 2.57. The molecule has 1 atom stereocenters. The lowest BCUT2D eigenvalue weighted by molar-refractivity contribution is -0.265. The molecule has 1 N–H and O–H groups in total. The summed E-state index contributed by atoms with van der Waals surface area (Å²) in [4.78, 5) is 10.5. The Morgan fingerprint density at radius 2 is 2.13 bits per heavy atom. The average Bonchev–Trinajstić information content (AvgIpc) is 2.51. The van der Waals surface area contributed by atoms with Crippen LogP contribution in [0.1, 0.15) is 18.2 Å². The molecule has 15 heavy (non-hydrogen) atoms. The van der Waals surface area contributed by atoms with Crippen molar-refractivity contribution in [3.05, 3.63) is 22.4 Å². The van der Waals surface area contributed by atoms with Crippen molar-refractivity contribution in [2.45, 2.75) is 25.1 Å². The van der Waals surface area contributed by atoms with Crippen LogP contribution in [0.3, 0.4) is 0 Å². The summed E-state index contributed by atoms with van der Waals surface area (Å²) in [6.45, 7) is 1.02. The molecular weight excluding hydrogens is 229 g/mol. The van der Waals surface area contributed by atoms with Crippen LogP contribution in [0.25, 0.3) is 0 Å². The molecular formula is C9H9F3O2S. The molecule has 0 saturated carbocycles. The van der Waals surface area contributed by atoms with Crippen LogP contribution in [0.5, 0.6) is 0 Å². The molecule has 1 heterocycles. The number of aliphatic hydroxyl groups is 1.